The van der Waals surface area contributed by atoms with Gasteiger partial charge in [0.1, 0.15) is 5.56 Å². The van der Waals surface area contributed by atoms with Crippen molar-refractivity contribution in [2.24, 2.45) is 0 Å². The minimum atomic E-state index is -4.47. The molecule has 1 aliphatic heterocycles. The summed E-state index contributed by atoms with van der Waals surface area (Å²) in [7, 11) is 0. The van der Waals surface area contributed by atoms with Crippen LogP contribution in [0.5, 0.6) is 5.88 Å². The van der Waals surface area contributed by atoms with Crippen LogP contribution in [0.1, 0.15) is 17.3 Å². The lowest BCUT2D eigenvalue weighted by molar-refractivity contribution is -0.154. The van der Waals surface area contributed by atoms with Crippen LogP contribution < -0.4 is 10.1 Å². The zero-order valence-electron chi connectivity index (χ0n) is 12.3. The van der Waals surface area contributed by atoms with Crippen molar-refractivity contribution in [3.63, 3.8) is 0 Å². The number of hydrogen-bond donors (Lipinski definition) is 1. The summed E-state index contributed by atoms with van der Waals surface area (Å²) < 4.78 is 41.3. The molecule has 2 heterocycles. The van der Waals surface area contributed by atoms with Crippen LogP contribution in [-0.2, 0) is 0 Å². The number of alkyl halides is 3. The Labute approximate surface area is 144 Å². The maximum absolute atomic E-state index is 12.4. The number of rotatable bonds is 3. The average Bonchev–Trinajstić information content (AvgIpc) is 2.44. The number of carbonyl (C=O) groups is 1. The summed E-state index contributed by atoms with van der Waals surface area (Å²) in [6.07, 6.45) is -3.18. The summed E-state index contributed by atoms with van der Waals surface area (Å²) in [5.74, 6) is -0.653. The molecule has 1 fully saturated rings. The van der Waals surface area contributed by atoms with Gasteiger partial charge < -0.3 is 15.0 Å². The Balaban J connectivity index is 0.00000242. The Bertz CT molecular complexity index is 517. The fourth-order valence-electron chi connectivity index (χ4n) is 2.11. The molecule has 0 saturated carbocycles. The number of carbonyl (C=O) groups excluding carboxylic acids is 1. The van der Waals surface area contributed by atoms with Gasteiger partial charge in [-0.05, 0) is 19.1 Å². The van der Waals surface area contributed by atoms with Crippen molar-refractivity contribution < 1.29 is 22.7 Å². The van der Waals surface area contributed by atoms with Crippen molar-refractivity contribution in [1.29, 1.82) is 0 Å². The quantitative estimate of drug-likeness (QED) is 0.880. The molecule has 0 aromatic carbocycles. The van der Waals surface area contributed by atoms with Crippen LogP contribution >= 0.6 is 24.8 Å². The minimum absolute atomic E-state index is 0. The monoisotopic (exact) mass is 375 g/mol. The van der Waals surface area contributed by atoms with Crippen molar-refractivity contribution in [3.8, 4) is 5.88 Å². The molecule has 1 atom stereocenters. The maximum atomic E-state index is 12.4. The van der Waals surface area contributed by atoms with Crippen LogP contribution in [0.15, 0.2) is 18.3 Å². The highest BCUT2D eigenvalue weighted by Crippen LogP contribution is 2.21. The first-order valence-corrected chi connectivity index (χ1v) is 6.54. The lowest BCUT2D eigenvalue weighted by atomic mass is 10.2. The Kier molecular flexibility index (Phi) is 8.65. The van der Waals surface area contributed by atoms with Crippen molar-refractivity contribution in [1.82, 2.24) is 15.2 Å². The van der Waals surface area contributed by atoms with E-state index in [1.807, 2.05) is 6.92 Å². The van der Waals surface area contributed by atoms with Gasteiger partial charge in [-0.3, -0.25) is 4.79 Å². The molecular weight excluding hydrogens is 358 g/mol. The summed E-state index contributed by atoms with van der Waals surface area (Å²) >= 11 is 0. The van der Waals surface area contributed by atoms with Gasteiger partial charge in [0, 0.05) is 31.9 Å². The molecule has 0 bridgehead atoms. The first kappa shape index (κ1) is 21.8. The van der Waals surface area contributed by atoms with Gasteiger partial charge in [0.15, 0.2) is 6.61 Å². The number of pyridine rings is 1. The number of nitrogens with one attached hydrogen (secondary N) is 1. The molecule has 1 aliphatic rings. The Morgan fingerprint density at radius 1 is 1.48 bits per heavy atom. The molecule has 2 rings (SSSR count). The van der Waals surface area contributed by atoms with E-state index < -0.39 is 12.8 Å². The number of aromatic nitrogens is 1. The Morgan fingerprint density at radius 3 is 2.78 bits per heavy atom. The van der Waals surface area contributed by atoms with Gasteiger partial charge in [0.2, 0.25) is 5.88 Å². The van der Waals surface area contributed by atoms with E-state index in [2.05, 4.69) is 15.0 Å². The van der Waals surface area contributed by atoms with Crippen LogP contribution in [0.25, 0.3) is 0 Å². The molecule has 132 valence electrons. The summed E-state index contributed by atoms with van der Waals surface area (Å²) in [4.78, 5) is 17.7. The van der Waals surface area contributed by atoms with Crippen molar-refractivity contribution in [2.45, 2.75) is 19.1 Å². The molecule has 10 heteroatoms. The van der Waals surface area contributed by atoms with Gasteiger partial charge in [-0.15, -0.1) is 24.8 Å². The second-order valence-electron chi connectivity index (χ2n) is 4.87. The lowest BCUT2D eigenvalue weighted by Crippen LogP contribution is -2.51. The second-order valence-corrected chi connectivity index (χ2v) is 4.87. The molecule has 1 saturated heterocycles. The zero-order chi connectivity index (χ0) is 15.5. The molecule has 0 spiro atoms. The van der Waals surface area contributed by atoms with Crippen molar-refractivity contribution >= 4 is 30.7 Å². The number of amides is 1. The topological polar surface area (TPSA) is 54.5 Å². The van der Waals surface area contributed by atoms with Gasteiger partial charge >= 0.3 is 6.18 Å². The third-order valence-corrected chi connectivity index (χ3v) is 3.03. The van der Waals surface area contributed by atoms with Crippen LogP contribution in [0.2, 0.25) is 0 Å². The smallest absolute Gasteiger partial charge is 0.422 e. The summed E-state index contributed by atoms with van der Waals surface area (Å²) in [5.41, 5.74) is 0.0517. The van der Waals surface area contributed by atoms with Gasteiger partial charge in [-0.1, -0.05) is 0 Å². The molecule has 23 heavy (non-hydrogen) atoms. The lowest BCUT2D eigenvalue weighted by Gasteiger charge is -2.32. The normalized spacial score (nSPS) is 17.7. The highest BCUT2D eigenvalue weighted by atomic mass is 35.5. The average molecular weight is 376 g/mol. The molecule has 0 aliphatic carbocycles. The van der Waals surface area contributed by atoms with Crippen LogP contribution in [0.3, 0.4) is 0 Å². The number of piperazine rings is 1. The van der Waals surface area contributed by atoms with E-state index in [1.165, 1.54) is 18.3 Å². The molecule has 1 aromatic rings. The van der Waals surface area contributed by atoms with Crippen molar-refractivity contribution in [3.05, 3.63) is 23.9 Å². The van der Waals surface area contributed by atoms with Crippen LogP contribution in [-0.4, -0.2) is 54.3 Å². The number of halogens is 5. The maximum Gasteiger partial charge on any atom is 0.422 e. The fraction of sp³-hybridized carbons (Fsp3) is 0.538. The van der Waals surface area contributed by atoms with E-state index in [4.69, 9.17) is 0 Å². The molecule has 1 aromatic heterocycles. The molecule has 1 unspecified atom stereocenters. The predicted molar refractivity (Wildman–Crippen MR) is 83.7 cm³/mol. The first-order valence-electron chi connectivity index (χ1n) is 6.54. The predicted octanol–water partition coefficient (Wildman–Crippen LogP) is 2.30. The van der Waals surface area contributed by atoms with Gasteiger partial charge in [0.05, 0.1) is 0 Å². The number of ether oxygens (including phenoxy) is 1. The standard InChI is InChI=1S/C13H16F3N3O2.2ClH/c1-9-7-19(6-5-17-9)12(20)10-3-2-4-18-11(10)21-8-13(14,15)16;;/h2-4,9,17H,5-8H2,1H3;2*1H. The van der Waals surface area contributed by atoms with Crippen LogP contribution in [0.4, 0.5) is 13.2 Å². The van der Waals surface area contributed by atoms with E-state index in [0.717, 1.165) is 0 Å². The number of hydrogen-bond acceptors (Lipinski definition) is 4. The Morgan fingerprint density at radius 2 is 2.17 bits per heavy atom. The fourth-order valence-corrected chi connectivity index (χ4v) is 2.11. The summed E-state index contributed by atoms with van der Waals surface area (Å²) in [5, 5.41) is 3.19. The number of nitrogens with zero attached hydrogens (tertiary/aromatic N) is 2. The summed E-state index contributed by atoms with van der Waals surface area (Å²) in [6.45, 7) is 2.10. The van der Waals surface area contributed by atoms with Crippen molar-refractivity contribution in [2.75, 3.05) is 26.2 Å². The molecular formula is C13H18Cl2F3N3O2. The largest absolute Gasteiger partial charge is 0.467 e. The molecule has 5 nitrogen and oxygen atoms in total. The highest BCUT2D eigenvalue weighted by Gasteiger charge is 2.30. The molecule has 1 amide bonds. The third kappa shape index (κ3) is 6.40. The zero-order valence-corrected chi connectivity index (χ0v) is 13.9. The SMILES string of the molecule is CC1CN(C(=O)c2cccnc2OCC(F)(F)F)CCN1.Cl.Cl. The van der Waals surface area contributed by atoms with E-state index >= 15 is 0 Å². The third-order valence-electron chi connectivity index (χ3n) is 3.03. The van der Waals surface area contributed by atoms with Gasteiger partial charge in [0.25, 0.3) is 5.91 Å². The van der Waals surface area contributed by atoms with E-state index in [-0.39, 0.29) is 48.2 Å². The van der Waals surface area contributed by atoms with E-state index in [1.54, 1.807) is 4.90 Å². The van der Waals surface area contributed by atoms with E-state index in [0.29, 0.717) is 19.6 Å². The molecule has 1 N–H and O–H groups in total. The van der Waals surface area contributed by atoms with E-state index in [9.17, 15) is 18.0 Å². The van der Waals surface area contributed by atoms with Gasteiger partial charge in [-0.25, -0.2) is 4.98 Å². The first-order chi connectivity index (χ1) is 9.87. The highest BCUT2D eigenvalue weighted by molar-refractivity contribution is 5.96. The summed E-state index contributed by atoms with van der Waals surface area (Å²) in [6, 6.07) is 3.06. The Hall–Kier alpha value is -1.25. The second kappa shape index (κ2) is 9.14. The molecule has 0 radical (unpaired) electrons. The minimum Gasteiger partial charge on any atom is -0.467 e. The van der Waals surface area contributed by atoms with Gasteiger partial charge in [-0.2, -0.15) is 13.2 Å². The van der Waals surface area contributed by atoms with Crippen LogP contribution in [0, 0.1) is 0 Å².